The zero-order valence-electron chi connectivity index (χ0n) is 14.6. The standard InChI is InChI=1S/C17H25N5O/c1-11-9-12(2)22(18-11)10-16(23)21-8-6-7-15(21)17-13(3)19-20(5)14(17)4/h9,15H,6-8,10H2,1-5H3/t15-/m1/s1. The van der Waals surface area contributed by atoms with Gasteiger partial charge in [-0.1, -0.05) is 0 Å². The van der Waals surface area contributed by atoms with Crippen LogP contribution in [-0.4, -0.2) is 36.9 Å². The van der Waals surface area contributed by atoms with Gasteiger partial charge < -0.3 is 4.90 Å². The topological polar surface area (TPSA) is 56.0 Å². The average Bonchev–Trinajstić information content (AvgIpc) is 3.11. The van der Waals surface area contributed by atoms with Gasteiger partial charge in [-0.2, -0.15) is 10.2 Å². The van der Waals surface area contributed by atoms with Gasteiger partial charge in [0.25, 0.3) is 0 Å². The van der Waals surface area contributed by atoms with Crippen LogP contribution in [-0.2, 0) is 18.4 Å². The number of hydrogen-bond acceptors (Lipinski definition) is 3. The summed E-state index contributed by atoms with van der Waals surface area (Å²) in [5.74, 6) is 0.140. The molecule has 0 unspecified atom stereocenters. The van der Waals surface area contributed by atoms with Gasteiger partial charge in [-0.25, -0.2) is 0 Å². The van der Waals surface area contributed by atoms with E-state index >= 15 is 0 Å². The van der Waals surface area contributed by atoms with E-state index < -0.39 is 0 Å². The molecule has 2 aromatic rings. The largest absolute Gasteiger partial charge is 0.334 e. The number of aromatic nitrogens is 4. The minimum atomic E-state index is 0.140. The Balaban J connectivity index is 1.84. The minimum absolute atomic E-state index is 0.140. The number of aryl methyl sites for hydroxylation is 4. The number of nitrogens with zero attached hydrogens (tertiary/aromatic N) is 5. The van der Waals surface area contributed by atoms with Crippen molar-refractivity contribution in [3.63, 3.8) is 0 Å². The Morgan fingerprint density at radius 3 is 2.57 bits per heavy atom. The maximum absolute atomic E-state index is 12.8. The van der Waals surface area contributed by atoms with Gasteiger partial charge in [-0.3, -0.25) is 14.2 Å². The third-order valence-corrected chi connectivity index (χ3v) is 4.86. The predicted molar refractivity (Wildman–Crippen MR) is 88.1 cm³/mol. The third-order valence-electron chi connectivity index (χ3n) is 4.86. The van der Waals surface area contributed by atoms with E-state index in [9.17, 15) is 4.79 Å². The van der Waals surface area contributed by atoms with Crippen molar-refractivity contribution < 1.29 is 4.79 Å². The molecule has 124 valence electrons. The number of carbonyl (C=O) groups excluding carboxylic acids is 1. The van der Waals surface area contributed by atoms with Crippen molar-refractivity contribution in [2.75, 3.05) is 6.54 Å². The molecule has 6 heteroatoms. The molecule has 1 fully saturated rings. The van der Waals surface area contributed by atoms with Crippen LogP contribution in [0.4, 0.5) is 0 Å². The fourth-order valence-corrected chi connectivity index (χ4v) is 3.69. The maximum atomic E-state index is 12.8. The number of hydrogen-bond donors (Lipinski definition) is 0. The highest BCUT2D eigenvalue weighted by Crippen LogP contribution is 2.35. The van der Waals surface area contributed by atoms with Crippen molar-refractivity contribution >= 4 is 5.91 Å². The van der Waals surface area contributed by atoms with E-state index in [2.05, 4.69) is 17.1 Å². The highest BCUT2D eigenvalue weighted by Gasteiger charge is 2.33. The molecule has 1 atom stereocenters. The molecule has 1 amide bonds. The van der Waals surface area contributed by atoms with E-state index in [1.54, 1.807) is 4.68 Å². The van der Waals surface area contributed by atoms with Gasteiger partial charge in [0.05, 0.1) is 17.4 Å². The van der Waals surface area contributed by atoms with Crippen LogP contribution in [0, 0.1) is 27.7 Å². The molecule has 1 saturated heterocycles. The molecule has 0 bridgehead atoms. The quantitative estimate of drug-likeness (QED) is 0.872. The van der Waals surface area contributed by atoms with Gasteiger partial charge in [-0.15, -0.1) is 0 Å². The first-order valence-electron chi connectivity index (χ1n) is 8.19. The Kier molecular flexibility index (Phi) is 4.00. The van der Waals surface area contributed by atoms with E-state index in [-0.39, 0.29) is 11.9 Å². The van der Waals surface area contributed by atoms with Crippen LogP contribution in [0.25, 0.3) is 0 Å². The molecule has 2 aromatic heterocycles. The fraction of sp³-hybridized carbons (Fsp3) is 0.588. The van der Waals surface area contributed by atoms with Gasteiger partial charge >= 0.3 is 0 Å². The summed E-state index contributed by atoms with van der Waals surface area (Å²) in [6, 6.07) is 2.15. The first-order chi connectivity index (χ1) is 10.9. The van der Waals surface area contributed by atoms with Crippen molar-refractivity contribution in [2.24, 2.45) is 7.05 Å². The lowest BCUT2D eigenvalue weighted by Crippen LogP contribution is -2.34. The highest BCUT2D eigenvalue weighted by molar-refractivity contribution is 5.77. The van der Waals surface area contributed by atoms with Crippen LogP contribution in [0.15, 0.2) is 6.07 Å². The van der Waals surface area contributed by atoms with E-state index in [0.29, 0.717) is 6.54 Å². The third kappa shape index (κ3) is 2.78. The van der Waals surface area contributed by atoms with Gasteiger partial charge in [0, 0.05) is 30.5 Å². The molecule has 0 saturated carbocycles. The molecule has 3 rings (SSSR count). The summed E-state index contributed by atoms with van der Waals surface area (Å²) < 4.78 is 3.71. The lowest BCUT2D eigenvalue weighted by atomic mass is 10.0. The van der Waals surface area contributed by atoms with Crippen LogP contribution in [0.2, 0.25) is 0 Å². The summed E-state index contributed by atoms with van der Waals surface area (Å²) in [4.78, 5) is 14.8. The second-order valence-electron chi connectivity index (χ2n) is 6.54. The Morgan fingerprint density at radius 1 is 1.26 bits per heavy atom. The monoisotopic (exact) mass is 315 g/mol. The molecule has 0 spiro atoms. The molecular weight excluding hydrogens is 290 g/mol. The second kappa shape index (κ2) is 5.83. The average molecular weight is 315 g/mol. The Morgan fingerprint density at radius 2 is 2.00 bits per heavy atom. The summed E-state index contributed by atoms with van der Waals surface area (Å²) in [5.41, 5.74) is 5.37. The molecule has 6 nitrogen and oxygen atoms in total. The van der Waals surface area contributed by atoms with Gasteiger partial charge in [0.1, 0.15) is 6.54 Å². The van der Waals surface area contributed by atoms with Crippen LogP contribution >= 0.6 is 0 Å². The number of likely N-dealkylation sites (tertiary alicyclic amines) is 1. The lowest BCUT2D eigenvalue weighted by molar-refractivity contribution is -0.133. The van der Waals surface area contributed by atoms with Crippen molar-refractivity contribution in [2.45, 2.75) is 53.1 Å². The van der Waals surface area contributed by atoms with E-state index in [1.807, 2.05) is 43.5 Å². The molecule has 1 aliphatic rings. The van der Waals surface area contributed by atoms with Crippen LogP contribution in [0.3, 0.4) is 0 Å². The molecule has 1 aliphatic heterocycles. The summed E-state index contributed by atoms with van der Waals surface area (Å²) in [7, 11) is 1.96. The Hall–Kier alpha value is -2.11. The summed E-state index contributed by atoms with van der Waals surface area (Å²) in [5, 5.41) is 8.92. The lowest BCUT2D eigenvalue weighted by Gasteiger charge is -2.25. The fourth-order valence-electron chi connectivity index (χ4n) is 3.69. The zero-order chi connectivity index (χ0) is 16.7. The van der Waals surface area contributed by atoms with Gasteiger partial charge in [0.2, 0.25) is 5.91 Å². The molecule has 0 radical (unpaired) electrons. The summed E-state index contributed by atoms with van der Waals surface area (Å²) in [6.45, 7) is 9.19. The number of rotatable bonds is 3. The smallest absolute Gasteiger partial charge is 0.244 e. The van der Waals surface area contributed by atoms with E-state index in [0.717, 1.165) is 42.2 Å². The first kappa shape index (κ1) is 15.8. The van der Waals surface area contributed by atoms with Crippen molar-refractivity contribution in [1.29, 1.82) is 0 Å². The van der Waals surface area contributed by atoms with Crippen molar-refractivity contribution in [3.05, 3.63) is 34.4 Å². The molecule has 0 aromatic carbocycles. The van der Waals surface area contributed by atoms with Crippen molar-refractivity contribution in [3.8, 4) is 0 Å². The molecule has 0 aliphatic carbocycles. The summed E-state index contributed by atoms with van der Waals surface area (Å²) >= 11 is 0. The molecule has 23 heavy (non-hydrogen) atoms. The minimum Gasteiger partial charge on any atom is -0.334 e. The number of amides is 1. The zero-order valence-corrected chi connectivity index (χ0v) is 14.6. The molecule has 3 heterocycles. The predicted octanol–water partition coefficient (Wildman–Crippen LogP) is 2.21. The van der Waals surface area contributed by atoms with Gasteiger partial charge in [0.15, 0.2) is 0 Å². The molecular formula is C17H25N5O. The van der Waals surface area contributed by atoms with Crippen LogP contribution in [0.1, 0.15) is 47.2 Å². The first-order valence-corrected chi connectivity index (χ1v) is 8.19. The maximum Gasteiger partial charge on any atom is 0.244 e. The molecule has 0 N–H and O–H groups in total. The van der Waals surface area contributed by atoms with Crippen molar-refractivity contribution in [1.82, 2.24) is 24.5 Å². The summed E-state index contributed by atoms with van der Waals surface area (Å²) in [6.07, 6.45) is 2.05. The normalized spacial score (nSPS) is 18.0. The van der Waals surface area contributed by atoms with Crippen LogP contribution < -0.4 is 0 Å². The number of carbonyl (C=O) groups is 1. The van der Waals surface area contributed by atoms with E-state index in [1.165, 1.54) is 5.56 Å². The van der Waals surface area contributed by atoms with Crippen LogP contribution in [0.5, 0.6) is 0 Å². The SMILES string of the molecule is Cc1cc(C)n(CC(=O)N2CCC[C@@H]2c2c(C)nn(C)c2C)n1. The highest BCUT2D eigenvalue weighted by atomic mass is 16.2. The second-order valence-corrected chi connectivity index (χ2v) is 6.54. The van der Waals surface area contributed by atoms with Gasteiger partial charge in [-0.05, 0) is 46.6 Å². The Bertz CT molecular complexity index is 742. The Labute approximate surface area is 137 Å². The van der Waals surface area contributed by atoms with E-state index in [4.69, 9.17) is 0 Å².